The lowest BCUT2D eigenvalue weighted by Gasteiger charge is -2.18. The van der Waals surface area contributed by atoms with E-state index in [1.54, 1.807) is 7.11 Å². The van der Waals surface area contributed by atoms with Crippen LogP contribution in [-0.4, -0.2) is 19.8 Å². The van der Waals surface area contributed by atoms with Gasteiger partial charge in [-0.3, -0.25) is 0 Å². The first kappa shape index (κ1) is 14.2. The molecule has 0 aromatic heterocycles. The van der Waals surface area contributed by atoms with Gasteiger partial charge in [0.05, 0.1) is 19.8 Å². The van der Waals surface area contributed by atoms with Gasteiger partial charge in [0.1, 0.15) is 0 Å². The number of nitriles is 1. The van der Waals surface area contributed by atoms with E-state index in [9.17, 15) is 0 Å². The van der Waals surface area contributed by atoms with Gasteiger partial charge in [0.15, 0.2) is 11.5 Å². The van der Waals surface area contributed by atoms with Gasteiger partial charge in [0.25, 0.3) is 0 Å². The molecule has 2 saturated carbocycles. The molecule has 0 amide bonds. The average molecular weight is 286 g/mol. The Kier molecular flexibility index (Phi) is 4.03. The summed E-state index contributed by atoms with van der Waals surface area (Å²) < 4.78 is 11.5. The summed E-state index contributed by atoms with van der Waals surface area (Å²) in [6.45, 7) is 1.42. The molecule has 3 rings (SSSR count). The summed E-state index contributed by atoms with van der Waals surface area (Å²) in [6.07, 6.45) is 5.30. The van der Waals surface area contributed by atoms with Crippen LogP contribution in [0.25, 0.3) is 0 Å². The molecule has 1 aromatic carbocycles. The van der Waals surface area contributed by atoms with Gasteiger partial charge in [0.2, 0.25) is 0 Å². The highest BCUT2D eigenvalue weighted by molar-refractivity contribution is 5.46. The quantitative estimate of drug-likeness (QED) is 0.798. The number of methoxy groups -OCH3 is 1. The van der Waals surface area contributed by atoms with Crippen molar-refractivity contribution < 1.29 is 9.47 Å². The van der Waals surface area contributed by atoms with Crippen LogP contribution in [0.5, 0.6) is 11.5 Å². The maximum atomic E-state index is 8.91. The third kappa shape index (κ3) is 3.48. The summed E-state index contributed by atoms with van der Waals surface area (Å²) in [5.41, 5.74) is 1.21. The van der Waals surface area contributed by atoms with Crippen LogP contribution < -0.4 is 14.8 Å². The first-order chi connectivity index (χ1) is 10.3. The van der Waals surface area contributed by atoms with Crippen LogP contribution in [0.15, 0.2) is 18.2 Å². The number of para-hydroxylation sites is 1. The molecule has 2 fully saturated rings. The first-order valence-electron chi connectivity index (χ1n) is 7.65. The number of nitrogens with one attached hydrogen (secondary N) is 1. The molecule has 112 valence electrons. The molecule has 21 heavy (non-hydrogen) atoms. The Labute approximate surface area is 126 Å². The molecule has 0 bridgehead atoms. The Balaban J connectivity index is 1.69. The topological polar surface area (TPSA) is 54.3 Å². The van der Waals surface area contributed by atoms with Gasteiger partial charge in [-0.15, -0.1) is 0 Å². The van der Waals surface area contributed by atoms with E-state index in [2.05, 4.69) is 17.5 Å². The van der Waals surface area contributed by atoms with Gasteiger partial charge < -0.3 is 14.8 Å². The fraction of sp³-hybridized carbons (Fsp3) is 0.588. The van der Waals surface area contributed by atoms with Crippen molar-refractivity contribution >= 4 is 0 Å². The molecule has 2 aliphatic carbocycles. The summed E-state index contributed by atoms with van der Waals surface area (Å²) in [6, 6.07) is 8.95. The number of hydrogen-bond acceptors (Lipinski definition) is 4. The van der Waals surface area contributed by atoms with Crippen molar-refractivity contribution in [2.24, 2.45) is 5.41 Å². The Morgan fingerprint density at radius 3 is 2.81 bits per heavy atom. The summed E-state index contributed by atoms with van der Waals surface area (Å²) in [5.74, 6) is 1.61. The minimum atomic E-state index is 0.0802. The zero-order valence-corrected chi connectivity index (χ0v) is 12.5. The van der Waals surface area contributed by atoms with E-state index in [1.807, 2.05) is 12.1 Å². The molecular formula is C17H22N2O2. The molecule has 0 aliphatic heterocycles. The molecule has 0 radical (unpaired) electrons. The van der Waals surface area contributed by atoms with Crippen molar-refractivity contribution in [2.75, 3.05) is 13.7 Å². The van der Waals surface area contributed by atoms with Crippen LogP contribution in [0.4, 0.5) is 0 Å². The van der Waals surface area contributed by atoms with Gasteiger partial charge in [-0.05, 0) is 31.7 Å². The van der Waals surface area contributed by atoms with Crippen molar-refractivity contribution in [3.05, 3.63) is 23.8 Å². The van der Waals surface area contributed by atoms with Gasteiger partial charge >= 0.3 is 0 Å². The third-order valence-corrected chi connectivity index (χ3v) is 4.37. The highest BCUT2D eigenvalue weighted by atomic mass is 16.5. The molecule has 0 unspecified atom stereocenters. The second kappa shape index (κ2) is 5.95. The van der Waals surface area contributed by atoms with E-state index < -0.39 is 0 Å². The molecule has 1 aromatic rings. The van der Waals surface area contributed by atoms with Crippen molar-refractivity contribution in [3.8, 4) is 17.6 Å². The van der Waals surface area contributed by atoms with E-state index in [1.165, 1.54) is 12.8 Å². The average Bonchev–Trinajstić information content (AvgIpc) is 3.40. The molecular weight excluding hydrogens is 264 g/mol. The second-order valence-electron chi connectivity index (χ2n) is 6.23. The van der Waals surface area contributed by atoms with Crippen LogP contribution in [0.2, 0.25) is 0 Å². The van der Waals surface area contributed by atoms with Crippen LogP contribution in [0, 0.1) is 16.7 Å². The summed E-state index contributed by atoms with van der Waals surface area (Å²) in [7, 11) is 1.67. The zero-order valence-electron chi connectivity index (χ0n) is 12.5. The van der Waals surface area contributed by atoms with E-state index in [0.29, 0.717) is 19.1 Å². The number of benzene rings is 1. The molecule has 4 nitrogen and oxygen atoms in total. The van der Waals surface area contributed by atoms with E-state index in [-0.39, 0.29) is 5.41 Å². The summed E-state index contributed by atoms with van der Waals surface area (Å²) in [4.78, 5) is 0. The first-order valence-corrected chi connectivity index (χ1v) is 7.65. The maximum absolute atomic E-state index is 8.91. The second-order valence-corrected chi connectivity index (χ2v) is 6.23. The summed E-state index contributed by atoms with van der Waals surface area (Å²) in [5, 5.41) is 12.4. The lowest BCUT2D eigenvalue weighted by molar-refractivity contribution is 0.224. The van der Waals surface area contributed by atoms with Crippen LogP contribution in [0.1, 0.15) is 37.7 Å². The van der Waals surface area contributed by atoms with Crippen LogP contribution >= 0.6 is 0 Å². The van der Waals surface area contributed by atoms with Crippen molar-refractivity contribution in [2.45, 2.75) is 44.7 Å². The van der Waals surface area contributed by atoms with Gasteiger partial charge in [-0.2, -0.15) is 5.26 Å². The lowest BCUT2D eigenvalue weighted by atomic mass is 10.1. The number of hydrogen-bond donors (Lipinski definition) is 1. The van der Waals surface area contributed by atoms with E-state index in [0.717, 1.165) is 36.4 Å². The SMILES string of the molecule is COc1cccc(CNC2CC2)c1OCC1(CC#N)CC1. The summed E-state index contributed by atoms with van der Waals surface area (Å²) >= 11 is 0. The highest BCUT2D eigenvalue weighted by Crippen LogP contribution is 2.49. The molecule has 0 saturated heterocycles. The monoisotopic (exact) mass is 286 g/mol. The molecule has 2 aliphatic rings. The Bertz CT molecular complexity index is 542. The standard InChI is InChI=1S/C17H22N2O2/c1-20-15-4-2-3-13(11-19-14-5-6-14)16(15)21-12-17(7-8-17)9-10-18/h2-4,14,19H,5-9,11-12H2,1H3. The smallest absolute Gasteiger partial charge is 0.165 e. The van der Waals surface area contributed by atoms with Crippen molar-refractivity contribution in [3.63, 3.8) is 0 Å². The Morgan fingerprint density at radius 2 is 2.19 bits per heavy atom. The number of nitrogens with zero attached hydrogens (tertiary/aromatic N) is 1. The van der Waals surface area contributed by atoms with Gasteiger partial charge in [0, 0.05) is 30.0 Å². The molecule has 4 heteroatoms. The number of rotatable bonds is 8. The fourth-order valence-electron chi connectivity index (χ4n) is 2.51. The lowest BCUT2D eigenvalue weighted by Crippen LogP contribution is -2.18. The molecule has 0 spiro atoms. The van der Waals surface area contributed by atoms with E-state index >= 15 is 0 Å². The Hall–Kier alpha value is -1.73. The molecule has 0 heterocycles. The number of ether oxygens (including phenoxy) is 2. The maximum Gasteiger partial charge on any atom is 0.165 e. The largest absolute Gasteiger partial charge is 0.493 e. The molecule has 0 atom stereocenters. The predicted octanol–water partition coefficient (Wildman–Crippen LogP) is 3.02. The zero-order chi connectivity index (χ0) is 14.7. The fourth-order valence-corrected chi connectivity index (χ4v) is 2.51. The minimum absolute atomic E-state index is 0.0802. The predicted molar refractivity (Wildman–Crippen MR) is 80.2 cm³/mol. The van der Waals surface area contributed by atoms with E-state index in [4.69, 9.17) is 14.7 Å². The minimum Gasteiger partial charge on any atom is -0.493 e. The molecule has 1 N–H and O–H groups in total. The van der Waals surface area contributed by atoms with Gasteiger partial charge in [-0.1, -0.05) is 12.1 Å². The van der Waals surface area contributed by atoms with Crippen molar-refractivity contribution in [1.29, 1.82) is 5.26 Å². The Morgan fingerprint density at radius 1 is 1.38 bits per heavy atom. The van der Waals surface area contributed by atoms with Crippen LogP contribution in [-0.2, 0) is 6.54 Å². The third-order valence-electron chi connectivity index (χ3n) is 4.37. The van der Waals surface area contributed by atoms with Gasteiger partial charge in [-0.25, -0.2) is 0 Å². The van der Waals surface area contributed by atoms with Crippen LogP contribution in [0.3, 0.4) is 0 Å². The van der Waals surface area contributed by atoms with Crippen molar-refractivity contribution in [1.82, 2.24) is 5.32 Å². The highest BCUT2D eigenvalue weighted by Gasteiger charge is 2.43. The normalized spacial score (nSPS) is 18.9.